The monoisotopic (exact) mass is 633 g/mol. The van der Waals surface area contributed by atoms with Gasteiger partial charge in [0.1, 0.15) is 24.1 Å². The molecule has 0 saturated carbocycles. The molecule has 0 aliphatic rings. The summed E-state index contributed by atoms with van der Waals surface area (Å²) in [6.07, 6.45) is 0. The Balaban J connectivity index is 2.17. The van der Waals surface area contributed by atoms with E-state index in [1.54, 1.807) is 44.2 Å². The summed E-state index contributed by atoms with van der Waals surface area (Å²) < 4.78 is 51.0. The summed E-state index contributed by atoms with van der Waals surface area (Å²) in [5.74, 6) is -0.0248. The van der Waals surface area contributed by atoms with Crippen molar-refractivity contribution in [1.82, 2.24) is 10.2 Å². The summed E-state index contributed by atoms with van der Waals surface area (Å²) in [4.78, 5) is 28.2. The Hall–Kier alpha value is -4.16. The molecule has 43 heavy (non-hydrogen) atoms. The van der Waals surface area contributed by atoms with Gasteiger partial charge in [-0.1, -0.05) is 23.7 Å². The highest BCUT2D eigenvalue weighted by Gasteiger charge is 2.34. The second-order valence-corrected chi connectivity index (χ2v) is 11.6. The molecule has 2 amide bonds. The van der Waals surface area contributed by atoms with E-state index >= 15 is 0 Å². The first-order chi connectivity index (χ1) is 20.5. The number of likely N-dealkylation sites (N-methyl/N-ethyl adjacent to an activating group) is 1. The van der Waals surface area contributed by atoms with Crippen LogP contribution in [0.5, 0.6) is 23.0 Å². The minimum Gasteiger partial charge on any atom is -0.497 e. The molecular weight excluding hydrogens is 598 g/mol. The van der Waals surface area contributed by atoms with Crippen LogP contribution in [-0.2, 0) is 26.2 Å². The highest BCUT2D eigenvalue weighted by Crippen LogP contribution is 2.37. The van der Waals surface area contributed by atoms with Crippen molar-refractivity contribution < 1.29 is 37.0 Å². The third-order valence-corrected chi connectivity index (χ3v) is 8.63. The van der Waals surface area contributed by atoms with Crippen LogP contribution in [0.2, 0.25) is 5.02 Å². The van der Waals surface area contributed by atoms with Gasteiger partial charge >= 0.3 is 0 Å². The van der Waals surface area contributed by atoms with Crippen LogP contribution >= 0.6 is 11.6 Å². The van der Waals surface area contributed by atoms with E-state index in [4.69, 9.17) is 30.5 Å². The van der Waals surface area contributed by atoms with Crippen LogP contribution in [0.15, 0.2) is 65.6 Å². The lowest BCUT2D eigenvalue weighted by Crippen LogP contribution is -2.51. The third kappa shape index (κ3) is 7.82. The summed E-state index contributed by atoms with van der Waals surface area (Å²) in [6, 6.07) is 14.6. The summed E-state index contributed by atoms with van der Waals surface area (Å²) in [5, 5.41) is 3.18. The lowest BCUT2D eigenvalue weighted by Gasteiger charge is -2.32. The predicted molar refractivity (Wildman–Crippen MR) is 164 cm³/mol. The first-order valence-electron chi connectivity index (χ1n) is 13.3. The van der Waals surface area contributed by atoms with Gasteiger partial charge in [-0.25, -0.2) is 8.42 Å². The predicted octanol–water partition coefficient (Wildman–Crippen LogP) is 4.12. The first-order valence-corrected chi connectivity index (χ1v) is 15.1. The fraction of sp³-hybridized carbons (Fsp3) is 0.333. The molecule has 13 heteroatoms. The smallest absolute Gasteiger partial charge is 0.265 e. The summed E-state index contributed by atoms with van der Waals surface area (Å²) >= 11 is 6.18. The summed E-state index contributed by atoms with van der Waals surface area (Å²) in [7, 11) is 1.20. The number of rotatable bonds is 14. The second kappa shape index (κ2) is 14.8. The van der Waals surface area contributed by atoms with Gasteiger partial charge in [0.2, 0.25) is 11.8 Å². The van der Waals surface area contributed by atoms with E-state index < -0.39 is 34.4 Å². The quantitative estimate of drug-likeness (QED) is 0.281. The van der Waals surface area contributed by atoms with Crippen LogP contribution in [0, 0.1) is 0 Å². The van der Waals surface area contributed by atoms with E-state index in [9.17, 15) is 18.0 Å². The lowest BCUT2D eigenvalue weighted by molar-refractivity contribution is -0.139. The molecule has 1 unspecified atom stereocenters. The summed E-state index contributed by atoms with van der Waals surface area (Å²) in [6.45, 7) is 3.01. The first kappa shape index (κ1) is 33.3. The molecule has 3 aromatic rings. The number of sulfonamides is 1. The molecule has 0 fully saturated rings. The van der Waals surface area contributed by atoms with Crippen molar-refractivity contribution in [1.29, 1.82) is 0 Å². The maximum Gasteiger partial charge on any atom is 0.265 e. The molecule has 0 bridgehead atoms. The van der Waals surface area contributed by atoms with Crippen molar-refractivity contribution in [3.8, 4) is 23.0 Å². The van der Waals surface area contributed by atoms with Crippen LogP contribution in [0.1, 0.15) is 19.4 Å². The maximum absolute atomic E-state index is 14.3. The van der Waals surface area contributed by atoms with Gasteiger partial charge in [0.15, 0.2) is 11.5 Å². The number of hydrogen-bond donors (Lipinski definition) is 1. The molecule has 0 radical (unpaired) electrons. The van der Waals surface area contributed by atoms with Crippen LogP contribution < -0.4 is 28.6 Å². The molecule has 0 aromatic heterocycles. The van der Waals surface area contributed by atoms with Crippen LogP contribution in [-0.4, -0.2) is 72.7 Å². The molecule has 0 spiro atoms. The number of methoxy groups -OCH3 is 4. The van der Waals surface area contributed by atoms with Gasteiger partial charge < -0.3 is 29.2 Å². The van der Waals surface area contributed by atoms with Gasteiger partial charge in [-0.15, -0.1) is 0 Å². The van der Waals surface area contributed by atoms with Crippen LogP contribution in [0.4, 0.5) is 5.69 Å². The average Bonchev–Trinajstić information content (AvgIpc) is 3.01. The van der Waals surface area contributed by atoms with E-state index in [1.807, 2.05) is 0 Å². The minimum atomic E-state index is -4.44. The van der Waals surface area contributed by atoms with Crippen molar-refractivity contribution in [2.24, 2.45) is 0 Å². The largest absolute Gasteiger partial charge is 0.497 e. The maximum atomic E-state index is 14.3. The normalized spacial score (nSPS) is 11.7. The fourth-order valence-electron chi connectivity index (χ4n) is 4.35. The standard InChI is InChI=1S/C30H36ClN3O8S/c1-7-32-30(36)20(2)33(18-21-9-8-10-22(31)15-21)29(35)19-34(25-16-23(39-3)11-13-26(25)40-4)43(37,38)24-12-14-27(41-5)28(17-24)42-6/h8-17,20H,7,18-19H2,1-6H3,(H,32,36). The molecule has 0 heterocycles. The minimum absolute atomic E-state index is 0.00279. The lowest BCUT2D eigenvalue weighted by atomic mass is 10.1. The summed E-state index contributed by atoms with van der Waals surface area (Å²) in [5.41, 5.74) is 0.712. The number of nitrogens with zero attached hydrogens (tertiary/aromatic N) is 2. The van der Waals surface area contributed by atoms with Gasteiger partial charge in [0.05, 0.1) is 39.0 Å². The Morgan fingerprint density at radius 1 is 0.884 bits per heavy atom. The zero-order valence-corrected chi connectivity index (χ0v) is 26.5. The fourth-order valence-corrected chi connectivity index (χ4v) is 5.99. The van der Waals surface area contributed by atoms with Gasteiger partial charge in [-0.2, -0.15) is 0 Å². The Bertz CT molecular complexity index is 1550. The zero-order chi connectivity index (χ0) is 31.7. The third-order valence-electron chi connectivity index (χ3n) is 6.64. The molecule has 3 aromatic carbocycles. The Morgan fingerprint density at radius 3 is 2.16 bits per heavy atom. The molecule has 232 valence electrons. The number of halogens is 1. The SMILES string of the molecule is CCNC(=O)C(C)N(Cc1cccc(Cl)c1)C(=O)CN(c1cc(OC)ccc1OC)S(=O)(=O)c1ccc(OC)c(OC)c1. The number of nitrogens with one attached hydrogen (secondary N) is 1. The van der Waals surface area contributed by atoms with E-state index in [-0.39, 0.29) is 28.6 Å². The second-order valence-electron chi connectivity index (χ2n) is 9.29. The molecule has 11 nitrogen and oxygen atoms in total. The Morgan fingerprint density at radius 2 is 1.56 bits per heavy atom. The molecule has 0 aliphatic heterocycles. The van der Waals surface area contributed by atoms with Gasteiger partial charge in [-0.05, 0) is 55.8 Å². The molecule has 0 saturated heterocycles. The van der Waals surface area contributed by atoms with Crippen molar-refractivity contribution in [3.63, 3.8) is 0 Å². The topological polar surface area (TPSA) is 124 Å². The number of carbonyl (C=O) groups is 2. The number of anilines is 1. The Kier molecular flexibility index (Phi) is 11.5. The van der Waals surface area contributed by atoms with E-state index in [2.05, 4.69) is 5.32 Å². The highest BCUT2D eigenvalue weighted by molar-refractivity contribution is 7.92. The van der Waals surface area contributed by atoms with E-state index in [1.165, 1.54) is 63.7 Å². The van der Waals surface area contributed by atoms with Crippen LogP contribution in [0.3, 0.4) is 0 Å². The highest BCUT2D eigenvalue weighted by atomic mass is 35.5. The zero-order valence-electron chi connectivity index (χ0n) is 24.9. The molecular formula is C30H36ClN3O8S. The average molecular weight is 634 g/mol. The molecule has 3 rings (SSSR count). The number of hydrogen-bond acceptors (Lipinski definition) is 8. The van der Waals surface area contributed by atoms with Crippen molar-refractivity contribution in [2.45, 2.75) is 31.3 Å². The molecule has 0 aliphatic carbocycles. The van der Waals surface area contributed by atoms with Gasteiger partial charge in [0, 0.05) is 30.2 Å². The van der Waals surface area contributed by atoms with Crippen LogP contribution in [0.25, 0.3) is 0 Å². The van der Waals surface area contributed by atoms with Crippen molar-refractivity contribution in [3.05, 3.63) is 71.2 Å². The number of benzene rings is 3. The number of carbonyl (C=O) groups excluding carboxylic acids is 2. The van der Waals surface area contributed by atoms with Gasteiger partial charge in [0.25, 0.3) is 10.0 Å². The molecule has 1 N–H and O–H groups in total. The van der Waals surface area contributed by atoms with E-state index in [0.717, 1.165) is 4.31 Å². The van der Waals surface area contributed by atoms with Gasteiger partial charge in [-0.3, -0.25) is 13.9 Å². The Labute approximate surface area is 257 Å². The van der Waals surface area contributed by atoms with Crippen molar-refractivity contribution in [2.75, 3.05) is 45.8 Å². The van der Waals surface area contributed by atoms with E-state index in [0.29, 0.717) is 28.6 Å². The number of amides is 2. The number of ether oxygens (including phenoxy) is 4. The molecule has 1 atom stereocenters. The van der Waals surface area contributed by atoms with Crippen molar-refractivity contribution >= 4 is 39.1 Å².